The molecule has 0 radical (unpaired) electrons. The van der Waals surface area contributed by atoms with Gasteiger partial charge in [-0.3, -0.25) is 15.1 Å². The standard InChI is InChI=1S/C22H19N3O3/c1-14(15-6-3-2-4-7-15)24-19-11-18(12-23-13-19)16-8-5-9-17(10-16)20-21(26)25-22(27)28-20/h2-14,20,24H,1H3,(H,25,26,27)/t14-,20?/m0/s1. The number of pyridine rings is 1. The van der Waals surface area contributed by atoms with Gasteiger partial charge in [-0.15, -0.1) is 0 Å². The molecule has 2 N–H and O–H groups in total. The summed E-state index contributed by atoms with van der Waals surface area (Å²) in [6, 6.07) is 19.7. The van der Waals surface area contributed by atoms with Crippen molar-refractivity contribution < 1.29 is 14.3 Å². The minimum absolute atomic E-state index is 0.131. The van der Waals surface area contributed by atoms with E-state index < -0.39 is 18.1 Å². The number of nitrogens with one attached hydrogen (secondary N) is 2. The van der Waals surface area contributed by atoms with Crippen LogP contribution in [-0.2, 0) is 9.53 Å². The molecular formula is C22H19N3O3. The molecule has 6 heteroatoms. The summed E-state index contributed by atoms with van der Waals surface area (Å²) < 4.78 is 5.05. The van der Waals surface area contributed by atoms with Crippen LogP contribution in [0, 0.1) is 0 Å². The first-order chi connectivity index (χ1) is 13.6. The van der Waals surface area contributed by atoms with Crippen LogP contribution in [-0.4, -0.2) is 17.0 Å². The van der Waals surface area contributed by atoms with E-state index in [4.69, 9.17) is 4.74 Å². The topological polar surface area (TPSA) is 80.3 Å². The van der Waals surface area contributed by atoms with Crippen LogP contribution in [0.5, 0.6) is 0 Å². The second kappa shape index (κ2) is 7.52. The van der Waals surface area contributed by atoms with Gasteiger partial charge in [-0.05, 0) is 30.2 Å². The highest BCUT2D eigenvalue weighted by Crippen LogP contribution is 2.29. The van der Waals surface area contributed by atoms with E-state index in [2.05, 4.69) is 34.7 Å². The van der Waals surface area contributed by atoms with Gasteiger partial charge in [0.15, 0.2) is 0 Å². The lowest BCUT2D eigenvalue weighted by Crippen LogP contribution is -2.20. The first-order valence-corrected chi connectivity index (χ1v) is 8.98. The molecule has 6 nitrogen and oxygen atoms in total. The summed E-state index contributed by atoms with van der Waals surface area (Å²) in [5, 5.41) is 5.60. The fourth-order valence-corrected chi connectivity index (χ4v) is 3.21. The second-order valence-corrected chi connectivity index (χ2v) is 6.64. The molecule has 2 heterocycles. The van der Waals surface area contributed by atoms with E-state index >= 15 is 0 Å². The molecule has 3 aromatic rings. The summed E-state index contributed by atoms with van der Waals surface area (Å²) in [5.41, 5.74) is 4.48. The van der Waals surface area contributed by atoms with Crippen molar-refractivity contribution in [1.29, 1.82) is 0 Å². The highest BCUT2D eigenvalue weighted by atomic mass is 16.6. The maximum absolute atomic E-state index is 11.9. The highest BCUT2D eigenvalue weighted by Gasteiger charge is 2.33. The number of nitrogens with zero attached hydrogens (tertiary/aromatic N) is 1. The summed E-state index contributed by atoms with van der Waals surface area (Å²) in [6.45, 7) is 2.09. The van der Waals surface area contributed by atoms with Crippen molar-refractivity contribution in [3.63, 3.8) is 0 Å². The minimum atomic E-state index is -0.917. The van der Waals surface area contributed by atoms with Gasteiger partial charge in [0.25, 0.3) is 5.91 Å². The lowest BCUT2D eigenvalue weighted by molar-refractivity contribution is -0.123. The predicted molar refractivity (Wildman–Crippen MR) is 106 cm³/mol. The summed E-state index contributed by atoms with van der Waals surface area (Å²) in [7, 11) is 0. The first-order valence-electron chi connectivity index (χ1n) is 8.98. The number of benzene rings is 2. The highest BCUT2D eigenvalue weighted by molar-refractivity contribution is 6.00. The van der Waals surface area contributed by atoms with Crippen molar-refractivity contribution in [2.75, 3.05) is 5.32 Å². The van der Waals surface area contributed by atoms with Crippen molar-refractivity contribution in [1.82, 2.24) is 10.3 Å². The third-order valence-electron chi connectivity index (χ3n) is 4.63. The second-order valence-electron chi connectivity index (χ2n) is 6.64. The third kappa shape index (κ3) is 3.71. The molecule has 1 aliphatic rings. The number of amides is 2. The molecule has 2 aromatic carbocycles. The maximum atomic E-state index is 11.9. The minimum Gasteiger partial charge on any atom is -0.431 e. The Morgan fingerprint density at radius 3 is 2.57 bits per heavy atom. The van der Waals surface area contributed by atoms with Gasteiger partial charge in [0.05, 0.1) is 5.69 Å². The Morgan fingerprint density at radius 2 is 1.82 bits per heavy atom. The lowest BCUT2D eigenvalue weighted by atomic mass is 10.0. The number of cyclic esters (lactones) is 1. The van der Waals surface area contributed by atoms with Crippen molar-refractivity contribution in [3.05, 3.63) is 84.2 Å². The summed E-state index contributed by atoms with van der Waals surface area (Å²) in [6.07, 6.45) is 1.90. The fourth-order valence-electron chi connectivity index (χ4n) is 3.21. The molecule has 1 aliphatic heterocycles. The number of alkyl carbamates (subject to hydrolysis) is 1. The zero-order chi connectivity index (χ0) is 19.5. The van der Waals surface area contributed by atoms with E-state index in [1.54, 1.807) is 18.5 Å². The van der Waals surface area contributed by atoms with Crippen LogP contribution in [0.1, 0.15) is 30.2 Å². The van der Waals surface area contributed by atoms with E-state index in [9.17, 15) is 9.59 Å². The van der Waals surface area contributed by atoms with Gasteiger partial charge in [-0.2, -0.15) is 0 Å². The number of carbonyl (C=O) groups excluding carboxylic acids is 2. The lowest BCUT2D eigenvalue weighted by Gasteiger charge is -2.16. The van der Waals surface area contributed by atoms with Crippen molar-refractivity contribution >= 4 is 17.7 Å². The average molecular weight is 373 g/mol. The zero-order valence-electron chi connectivity index (χ0n) is 15.3. The summed E-state index contributed by atoms with van der Waals surface area (Å²) in [4.78, 5) is 27.5. The number of imide groups is 1. The van der Waals surface area contributed by atoms with Crippen LogP contribution in [0.3, 0.4) is 0 Å². The molecule has 1 unspecified atom stereocenters. The predicted octanol–water partition coefficient (Wildman–Crippen LogP) is 4.23. The van der Waals surface area contributed by atoms with Crippen molar-refractivity contribution in [2.24, 2.45) is 0 Å². The van der Waals surface area contributed by atoms with Gasteiger partial charge >= 0.3 is 6.09 Å². The normalized spacial score (nSPS) is 17.0. The van der Waals surface area contributed by atoms with Crippen LogP contribution < -0.4 is 10.6 Å². The molecule has 2 amide bonds. The molecule has 0 bridgehead atoms. The SMILES string of the molecule is C[C@H](Nc1cncc(-c2cccc(C3OC(=O)NC3=O)c2)c1)c1ccccc1. The number of aromatic nitrogens is 1. The molecule has 0 aliphatic carbocycles. The Hall–Kier alpha value is -3.67. The number of hydrogen-bond acceptors (Lipinski definition) is 5. The van der Waals surface area contributed by atoms with E-state index in [-0.39, 0.29) is 6.04 Å². The van der Waals surface area contributed by atoms with E-state index in [1.165, 1.54) is 5.56 Å². The smallest absolute Gasteiger partial charge is 0.415 e. The van der Waals surface area contributed by atoms with Gasteiger partial charge in [0.2, 0.25) is 6.10 Å². The van der Waals surface area contributed by atoms with Gasteiger partial charge in [0, 0.05) is 29.6 Å². The van der Waals surface area contributed by atoms with Gasteiger partial charge < -0.3 is 10.1 Å². The maximum Gasteiger partial charge on any atom is 0.415 e. The zero-order valence-corrected chi connectivity index (χ0v) is 15.3. The monoisotopic (exact) mass is 373 g/mol. The third-order valence-corrected chi connectivity index (χ3v) is 4.63. The van der Waals surface area contributed by atoms with E-state index in [0.717, 1.165) is 16.8 Å². The van der Waals surface area contributed by atoms with Crippen LogP contribution in [0.15, 0.2) is 73.1 Å². The van der Waals surface area contributed by atoms with Crippen molar-refractivity contribution in [3.8, 4) is 11.1 Å². The van der Waals surface area contributed by atoms with Crippen LogP contribution in [0.25, 0.3) is 11.1 Å². The Morgan fingerprint density at radius 1 is 1.00 bits per heavy atom. The molecule has 1 saturated heterocycles. The van der Waals surface area contributed by atoms with Crippen LogP contribution in [0.2, 0.25) is 0 Å². The van der Waals surface area contributed by atoms with Crippen LogP contribution in [0.4, 0.5) is 10.5 Å². The fraction of sp³-hybridized carbons (Fsp3) is 0.136. The van der Waals surface area contributed by atoms with E-state index in [1.807, 2.05) is 42.5 Å². The molecule has 0 spiro atoms. The molecule has 1 aromatic heterocycles. The van der Waals surface area contributed by atoms with E-state index in [0.29, 0.717) is 5.56 Å². The van der Waals surface area contributed by atoms with Crippen LogP contribution >= 0.6 is 0 Å². The average Bonchev–Trinajstić information content (AvgIpc) is 3.07. The molecule has 28 heavy (non-hydrogen) atoms. The summed E-state index contributed by atoms with van der Waals surface area (Å²) >= 11 is 0. The Kier molecular flexibility index (Phi) is 4.76. The molecule has 140 valence electrons. The molecular weight excluding hydrogens is 354 g/mol. The van der Waals surface area contributed by atoms with Gasteiger partial charge in [-0.25, -0.2) is 4.79 Å². The Labute approximate surface area is 162 Å². The molecule has 1 fully saturated rings. The Balaban J connectivity index is 1.57. The number of hydrogen-bond donors (Lipinski definition) is 2. The Bertz CT molecular complexity index is 1020. The van der Waals surface area contributed by atoms with Crippen molar-refractivity contribution in [2.45, 2.75) is 19.1 Å². The molecule has 0 saturated carbocycles. The molecule has 4 rings (SSSR count). The summed E-state index contributed by atoms with van der Waals surface area (Å²) in [5.74, 6) is -0.452. The quantitative estimate of drug-likeness (QED) is 0.700. The number of rotatable bonds is 5. The first kappa shape index (κ1) is 17.7. The number of carbonyl (C=O) groups is 2. The largest absolute Gasteiger partial charge is 0.431 e. The number of anilines is 1. The number of ether oxygens (including phenoxy) is 1. The van der Waals surface area contributed by atoms with Gasteiger partial charge in [-0.1, -0.05) is 48.5 Å². The van der Waals surface area contributed by atoms with Gasteiger partial charge in [0.1, 0.15) is 0 Å². The molecule has 2 atom stereocenters.